The van der Waals surface area contributed by atoms with Gasteiger partial charge in [-0.15, -0.1) is 0 Å². The Morgan fingerprint density at radius 2 is 1.73 bits per heavy atom. The Kier molecular flexibility index (Phi) is 7.66. The van der Waals surface area contributed by atoms with Gasteiger partial charge in [0.15, 0.2) is 0 Å². The molecule has 0 spiro atoms. The van der Waals surface area contributed by atoms with Crippen molar-refractivity contribution in [3.63, 3.8) is 0 Å². The number of benzene rings is 3. The Morgan fingerprint density at radius 1 is 1.06 bits per heavy atom. The van der Waals surface area contributed by atoms with Crippen LogP contribution in [0.15, 0.2) is 71.6 Å². The lowest BCUT2D eigenvalue weighted by molar-refractivity contribution is -0.114. The van der Waals surface area contributed by atoms with Gasteiger partial charge in [0.25, 0.3) is 10.0 Å². The average molecular weight is 487 g/mol. The number of nitrogens with zero attached hydrogens (tertiary/aromatic N) is 1. The fourth-order valence-electron chi connectivity index (χ4n) is 3.43. The van der Waals surface area contributed by atoms with Crippen LogP contribution in [0.3, 0.4) is 0 Å². The molecule has 8 heteroatoms. The van der Waals surface area contributed by atoms with Crippen LogP contribution in [0.4, 0.5) is 11.4 Å². The molecule has 0 bridgehead atoms. The Bertz CT molecular complexity index is 1240. The molecular weight excluding hydrogens is 460 g/mol. The number of carbonyl (C=O) groups is 1. The molecule has 0 aliphatic carbocycles. The van der Waals surface area contributed by atoms with Crippen LogP contribution in [0.1, 0.15) is 30.9 Å². The zero-order valence-corrected chi connectivity index (χ0v) is 20.6. The molecule has 0 aromatic heterocycles. The maximum atomic E-state index is 13.6. The maximum absolute atomic E-state index is 13.6. The van der Waals surface area contributed by atoms with Crippen LogP contribution in [0.5, 0.6) is 5.75 Å². The number of anilines is 2. The predicted molar refractivity (Wildman–Crippen MR) is 133 cm³/mol. The molecule has 3 rings (SSSR count). The molecule has 0 radical (unpaired) electrons. The lowest BCUT2D eigenvalue weighted by Gasteiger charge is -2.26. The monoisotopic (exact) mass is 486 g/mol. The number of rotatable bonds is 8. The molecule has 0 fully saturated rings. The quantitative estimate of drug-likeness (QED) is 0.448. The highest BCUT2D eigenvalue weighted by Gasteiger charge is 2.30. The van der Waals surface area contributed by atoms with Crippen molar-refractivity contribution in [1.82, 2.24) is 0 Å². The second kappa shape index (κ2) is 10.3. The summed E-state index contributed by atoms with van der Waals surface area (Å²) >= 11 is 6.18. The van der Waals surface area contributed by atoms with Crippen molar-refractivity contribution in [2.75, 3.05) is 23.3 Å². The lowest BCUT2D eigenvalue weighted by atomic mass is 10.0. The van der Waals surface area contributed by atoms with Crippen molar-refractivity contribution in [1.29, 1.82) is 0 Å². The van der Waals surface area contributed by atoms with Gasteiger partial charge >= 0.3 is 0 Å². The van der Waals surface area contributed by atoms with Gasteiger partial charge in [0.05, 0.1) is 17.7 Å². The van der Waals surface area contributed by atoms with E-state index in [1.165, 1.54) is 25.3 Å². The van der Waals surface area contributed by atoms with Crippen LogP contribution >= 0.6 is 11.6 Å². The summed E-state index contributed by atoms with van der Waals surface area (Å²) in [5, 5.41) is 3.18. The molecule has 6 nitrogen and oxygen atoms in total. The summed E-state index contributed by atoms with van der Waals surface area (Å²) in [6.45, 7) is 5.46. The number of hydrogen-bond acceptors (Lipinski definition) is 4. The normalized spacial score (nSPS) is 11.3. The molecule has 0 aliphatic rings. The summed E-state index contributed by atoms with van der Waals surface area (Å²) in [7, 11) is -2.67. The fourth-order valence-corrected chi connectivity index (χ4v) is 5.02. The molecule has 1 N–H and O–H groups in total. The number of nitrogens with one attached hydrogen (secondary N) is 1. The SMILES string of the molecule is COc1ccc(Cl)cc1N(CC(=O)Nc1ccccc1C(C)C)S(=O)(=O)c1ccc(C)cc1. The van der Waals surface area contributed by atoms with E-state index in [0.717, 1.165) is 15.4 Å². The van der Waals surface area contributed by atoms with E-state index < -0.39 is 22.5 Å². The van der Waals surface area contributed by atoms with Crippen LogP contribution in [0.25, 0.3) is 0 Å². The van der Waals surface area contributed by atoms with Crippen molar-refractivity contribution in [3.8, 4) is 5.75 Å². The average Bonchev–Trinajstić information content (AvgIpc) is 2.78. The van der Waals surface area contributed by atoms with E-state index in [4.69, 9.17) is 16.3 Å². The third kappa shape index (κ3) is 5.67. The summed E-state index contributed by atoms with van der Waals surface area (Å²) in [6.07, 6.45) is 0. The zero-order chi connectivity index (χ0) is 24.2. The number of hydrogen-bond donors (Lipinski definition) is 1. The molecule has 174 valence electrons. The number of amides is 1. The molecular formula is C25H27ClN2O4S. The van der Waals surface area contributed by atoms with Crippen LogP contribution in [-0.4, -0.2) is 28.0 Å². The van der Waals surface area contributed by atoms with Crippen molar-refractivity contribution >= 4 is 38.9 Å². The minimum atomic E-state index is -4.10. The predicted octanol–water partition coefficient (Wildman–Crippen LogP) is 5.61. The zero-order valence-electron chi connectivity index (χ0n) is 19.0. The van der Waals surface area contributed by atoms with Crippen LogP contribution in [-0.2, 0) is 14.8 Å². The second-order valence-electron chi connectivity index (χ2n) is 7.93. The van der Waals surface area contributed by atoms with Crippen molar-refractivity contribution < 1.29 is 17.9 Å². The minimum Gasteiger partial charge on any atom is -0.495 e. The van der Waals surface area contributed by atoms with E-state index in [0.29, 0.717) is 10.7 Å². The van der Waals surface area contributed by atoms with Gasteiger partial charge < -0.3 is 10.1 Å². The molecule has 1 amide bonds. The number of ether oxygens (including phenoxy) is 1. The van der Waals surface area contributed by atoms with Gasteiger partial charge in [-0.05, 0) is 54.8 Å². The Balaban J connectivity index is 2.04. The van der Waals surface area contributed by atoms with Crippen LogP contribution in [0.2, 0.25) is 5.02 Å². The molecule has 0 saturated heterocycles. The van der Waals surface area contributed by atoms with E-state index in [9.17, 15) is 13.2 Å². The van der Waals surface area contributed by atoms with Gasteiger partial charge in [0.2, 0.25) is 5.91 Å². The number of aryl methyl sites for hydroxylation is 1. The summed E-state index contributed by atoms with van der Waals surface area (Å²) in [6, 6.07) is 18.5. The van der Waals surface area contributed by atoms with Gasteiger partial charge in [0, 0.05) is 10.7 Å². The molecule has 3 aromatic carbocycles. The molecule has 0 heterocycles. The van der Waals surface area contributed by atoms with E-state index in [1.807, 2.05) is 39.0 Å². The molecule has 0 atom stereocenters. The molecule has 33 heavy (non-hydrogen) atoms. The summed E-state index contributed by atoms with van der Waals surface area (Å²) < 4.78 is 33.7. The first-order valence-corrected chi connectivity index (χ1v) is 12.3. The number of sulfonamides is 1. The van der Waals surface area contributed by atoms with Crippen LogP contribution < -0.4 is 14.4 Å². The smallest absolute Gasteiger partial charge is 0.264 e. The van der Waals surface area contributed by atoms with E-state index in [1.54, 1.807) is 30.3 Å². The standard InChI is InChI=1S/C25H27ClN2O4S/c1-17(2)21-7-5-6-8-22(21)27-25(29)16-28(23-15-19(26)11-14-24(23)32-4)33(30,31)20-12-9-18(3)10-13-20/h5-15,17H,16H2,1-4H3,(H,27,29). The van der Waals surface area contributed by atoms with E-state index >= 15 is 0 Å². The molecule has 0 unspecified atom stereocenters. The summed E-state index contributed by atoms with van der Waals surface area (Å²) in [5.74, 6) is -0.0202. The number of carbonyl (C=O) groups excluding carboxylic acids is 1. The maximum Gasteiger partial charge on any atom is 0.264 e. The summed E-state index contributed by atoms with van der Waals surface area (Å²) in [5.41, 5.74) is 2.70. The highest BCUT2D eigenvalue weighted by molar-refractivity contribution is 7.92. The Hall–Kier alpha value is -3.03. The van der Waals surface area contributed by atoms with Crippen molar-refractivity contribution in [2.24, 2.45) is 0 Å². The Labute approximate surface area is 200 Å². The second-order valence-corrected chi connectivity index (χ2v) is 10.2. The third-order valence-corrected chi connectivity index (χ3v) is 7.17. The first-order chi connectivity index (χ1) is 15.6. The van der Waals surface area contributed by atoms with E-state index in [2.05, 4.69) is 5.32 Å². The van der Waals surface area contributed by atoms with Crippen molar-refractivity contribution in [2.45, 2.75) is 31.6 Å². The number of halogens is 1. The first kappa shape index (κ1) is 24.6. The summed E-state index contributed by atoms with van der Waals surface area (Å²) in [4.78, 5) is 13.2. The van der Waals surface area contributed by atoms with Gasteiger partial charge in [-0.1, -0.05) is 61.3 Å². The van der Waals surface area contributed by atoms with Gasteiger partial charge in [-0.25, -0.2) is 8.42 Å². The van der Waals surface area contributed by atoms with Gasteiger partial charge in [0.1, 0.15) is 12.3 Å². The van der Waals surface area contributed by atoms with Crippen LogP contribution in [0, 0.1) is 6.92 Å². The van der Waals surface area contributed by atoms with Crippen molar-refractivity contribution in [3.05, 3.63) is 82.9 Å². The fraction of sp³-hybridized carbons (Fsp3) is 0.240. The molecule has 0 saturated carbocycles. The highest BCUT2D eigenvalue weighted by atomic mass is 35.5. The first-order valence-electron chi connectivity index (χ1n) is 10.4. The molecule has 3 aromatic rings. The lowest BCUT2D eigenvalue weighted by Crippen LogP contribution is -2.38. The highest BCUT2D eigenvalue weighted by Crippen LogP contribution is 2.35. The van der Waals surface area contributed by atoms with Gasteiger partial charge in [-0.3, -0.25) is 9.10 Å². The largest absolute Gasteiger partial charge is 0.495 e. The van der Waals surface area contributed by atoms with E-state index in [-0.39, 0.29) is 22.3 Å². The number of methoxy groups -OCH3 is 1. The minimum absolute atomic E-state index is 0.0607. The number of para-hydroxylation sites is 1. The Morgan fingerprint density at radius 3 is 2.36 bits per heavy atom. The van der Waals surface area contributed by atoms with Gasteiger partial charge in [-0.2, -0.15) is 0 Å². The third-order valence-electron chi connectivity index (χ3n) is 5.16. The topological polar surface area (TPSA) is 75.7 Å². The molecule has 0 aliphatic heterocycles.